The van der Waals surface area contributed by atoms with Crippen molar-refractivity contribution in [3.05, 3.63) is 29.3 Å². The van der Waals surface area contributed by atoms with Gasteiger partial charge in [-0.25, -0.2) is 0 Å². The molecule has 1 spiro atoms. The lowest BCUT2D eigenvalue weighted by Gasteiger charge is -2.40. The SMILES string of the molecule is Cn1nc(C(=O)N2CCOC3(CCCC3)C2)cc1-c1cccs1. The lowest BCUT2D eigenvalue weighted by atomic mass is 9.99. The van der Waals surface area contributed by atoms with E-state index >= 15 is 0 Å². The molecular formula is C17H21N3O2S. The highest BCUT2D eigenvalue weighted by Gasteiger charge is 2.41. The maximum Gasteiger partial charge on any atom is 0.274 e. The van der Waals surface area contributed by atoms with Crippen molar-refractivity contribution >= 4 is 17.2 Å². The van der Waals surface area contributed by atoms with Gasteiger partial charge in [-0.3, -0.25) is 9.48 Å². The molecule has 0 unspecified atom stereocenters. The van der Waals surface area contributed by atoms with Crippen LogP contribution in [0.25, 0.3) is 10.6 Å². The normalized spacial score (nSPS) is 20.3. The van der Waals surface area contributed by atoms with Crippen molar-refractivity contribution in [2.24, 2.45) is 7.05 Å². The fraction of sp³-hybridized carbons (Fsp3) is 0.529. The van der Waals surface area contributed by atoms with Crippen molar-refractivity contribution in [3.63, 3.8) is 0 Å². The largest absolute Gasteiger partial charge is 0.371 e. The zero-order chi connectivity index (χ0) is 15.9. The van der Waals surface area contributed by atoms with Crippen LogP contribution in [0.5, 0.6) is 0 Å². The van der Waals surface area contributed by atoms with E-state index in [2.05, 4.69) is 11.2 Å². The van der Waals surface area contributed by atoms with Crippen molar-refractivity contribution < 1.29 is 9.53 Å². The van der Waals surface area contributed by atoms with Crippen LogP contribution in [0.3, 0.4) is 0 Å². The molecule has 23 heavy (non-hydrogen) atoms. The lowest BCUT2D eigenvalue weighted by molar-refractivity contribution is -0.0949. The molecule has 1 aliphatic carbocycles. The number of carbonyl (C=O) groups excluding carboxylic acids is 1. The molecule has 0 radical (unpaired) electrons. The number of hydrogen-bond acceptors (Lipinski definition) is 4. The van der Waals surface area contributed by atoms with E-state index in [1.54, 1.807) is 16.0 Å². The van der Waals surface area contributed by atoms with Crippen LogP contribution in [0.1, 0.15) is 36.2 Å². The molecule has 2 aromatic rings. The summed E-state index contributed by atoms with van der Waals surface area (Å²) >= 11 is 1.66. The Labute approximate surface area is 139 Å². The van der Waals surface area contributed by atoms with Crippen molar-refractivity contribution in [2.75, 3.05) is 19.7 Å². The minimum atomic E-state index is -0.0979. The predicted molar refractivity (Wildman–Crippen MR) is 89.6 cm³/mol. The first-order chi connectivity index (χ1) is 11.2. The van der Waals surface area contributed by atoms with E-state index in [-0.39, 0.29) is 11.5 Å². The fourth-order valence-corrected chi connectivity index (χ4v) is 4.50. The third kappa shape index (κ3) is 2.70. The molecule has 1 saturated carbocycles. The Hall–Kier alpha value is -1.66. The molecule has 2 fully saturated rings. The highest BCUT2D eigenvalue weighted by Crippen LogP contribution is 2.36. The van der Waals surface area contributed by atoms with Gasteiger partial charge in [0, 0.05) is 13.6 Å². The Morgan fingerprint density at radius 1 is 1.39 bits per heavy atom. The van der Waals surface area contributed by atoms with Crippen molar-refractivity contribution in [3.8, 4) is 10.6 Å². The zero-order valence-electron chi connectivity index (χ0n) is 13.3. The van der Waals surface area contributed by atoms with Gasteiger partial charge in [0.05, 0.1) is 29.3 Å². The number of rotatable bonds is 2. The van der Waals surface area contributed by atoms with Crippen LogP contribution in [-0.2, 0) is 11.8 Å². The van der Waals surface area contributed by atoms with Crippen molar-refractivity contribution in [1.29, 1.82) is 0 Å². The van der Waals surface area contributed by atoms with Crippen LogP contribution >= 0.6 is 11.3 Å². The van der Waals surface area contributed by atoms with Gasteiger partial charge in [0.25, 0.3) is 5.91 Å². The Bertz CT molecular complexity index is 702. The number of nitrogens with zero attached hydrogens (tertiary/aromatic N) is 3. The minimum Gasteiger partial charge on any atom is -0.371 e. The van der Waals surface area contributed by atoms with E-state index in [0.29, 0.717) is 25.4 Å². The molecule has 6 heteroatoms. The van der Waals surface area contributed by atoms with Gasteiger partial charge in [0.15, 0.2) is 5.69 Å². The average Bonchev–Trinajstić information content (AvgIpc) is 3.28. The minimum absolute atomic E-state index is 0.0259. The number of morpholine rings is 1. The summed E-state index contributed by atoms with van der Waals surface area (Å²) in [6.45, 7) is 2.00. The highest BCUT2D eigenvalue weighted by molar-refractivity contribution is 7.13. The zero-order valence-corrected chi connectivity index (χ0v) is 14.1. The van der Waals surface area contributed by atoms with Gasteiger partial charge in [0.2, 0.25) is 0 Å². The number of aromatic nitrogens is 2. The maximum absolute atomic E-state index is 12.9. The van der Waals surface area contributed by atoms with Crippen LogP contribution in [0.15, 0.2) is 23.6 Å². The quantitative estimate of drug-likeness (QED) is 0.850. The Balaban J connectivity index is 1.56. The molecule has 1 aliphatic heterocycles. The number of aryl methyl sites for hydroxylation is 1. The molecule has 4 rings (SSSR count). The van der Waals surface area contributed by atoms with Crippen LogP contribution in [0, 0.1) is 0 Å². The van der Waals surface area contributed by atoms with Gasteiger partial charge in [-0.05, 0) is 30.4 Å². The van der Waals surface area contributed by atoms with Gasteiger partial charge < -0.3 is 9.64 Å². The Morgan fingerprint density at radius 3 is 2.96 bits per heavy atom. The summed E-state index contributed by atoms with van der Waals surface area (Å²) in [5.41, 5.74) is 1.43. The molecular weight excluding hydrogens is 310 g/mol. The number of amides is 1. The summed E-state index contributed by atoms with van der Waals surface area (Å²) in [6.07, 6.45) is 4.54. The van der Waals surface area contributed by atoms with Crippen LogP contribution in [0.2, 0.25) is 0 Å². The molecule has 3 heterocycles. The molecule has 122 valence electrons. The molecule has 2 aromatic heterocycles. The molecule has 0 N–H and O–H groups in total. The fourth-order valence-electron chi connectivity index (χ4n) is 3.73. The van der Waals surface area contributed by atoms with Gasteiger partial charge in [-0.15, -0.1) is 11.3 Å². The number of thiophene rings is 1. The molecule has 0 bridgehead atoms. The first-order valence-corrected chi connectivity index (χ1v) is 9.06. The Morgan fingerprint density at radius 2 is 2.22 bits per heavy atom. The van der Waals surface area contributed by atoms with Crippen LogP contribution in [-0.4, -0.2) is 45.9 Å². The summed E-state index contributed by atoms with van der Waals surface area (Å²) in [5, 5.41) is 6.49. The average molecular weight is 331 g/mol. The van der Waals surface area contributed by atoms with E-state index < -0.39 is 0 Å². The third-order valence-electron chi connectivity index (χ3n) is 4.92. The van der Waals surface area contributed by atoms with Crippen molar-refractivity contribution in [2.45, 2.75) is 31.3 Å². The van der Waals surface area contributed by atoms with Crippen molar-refractivity contribution in [1.82, 2.24) is 14.7 Å². The molecule has 5 nitrogen and oxygen atoms in total. The first kappa shape index (κ1) is 14.9. The lowest BCUT2D eigenvalue weighted by Crippen LogP contribution is -2.52. The van der Waals surface area contributed by atoms with Crippen LogP contribution in [0.4, 0.5) is 0 Å². The second-order valence-corrected chi connectivity index (χ2v) is 7.43. The smallest absolute Gasteiger partial charge is 0.274 e. The van der Waals surface area contributed by atoms with E-state index in [1.165, 1.54) is 12.8 Å². The van der Waals surface area contributed by atoms with E-state index in [0.717, 1.165) is 23.4 Å². The number of ether oxygens (including phenoxy) is 1. The number of carbonyl (C=O) groups is 1. The Kier molecular flexibility index (Phi) is 3.73. The molecule has 0 aromatic carbocycles. The van der Waals surface area contributed by atoms with Crippen LogP contribution < -0.4 is 0 Å². The van der Waals surface area contributed by atoms with Gasteiger partial charge in [-0.2, -0.15) is 5.10 Å². The first-order valence-electron chi connectivity index (χ1n) is 8.18. The summed E-state index contributed by atoms with van der Waals surface area (Å²) in [7, 11) is 1.89. The van der Waals surface area contributed by atoms with Gasteiger partial charge in [-0.1, -0.05) is 18.9 Å². The standard InChI is InChI=1S/C17H21N3O2S/c1-19-14(15-5-4-10-23-15)11-13(18-19)16(21)20-8-9-22-17(12-20)6-2-3-7-17/h4-5,10-11H,2-3,6-9,12H2,1H3. The van der Waals surface area contributed by atoms with E-state index in [1.807, 2.05) is 29.5 Å². The maximum atomic E-state index is 12.9. The second kappa shape index (κ2) is 5.76. The summed E-state index contributed by atoms with van der Waals surface area (Å²) in [6, 6.07) is 5.98. The topological polar surface area (TPSA) is 47.4 Å². The third-order valence-corrected chi connectivity index (χ3v) is 5.82. The summed E-state index contributed by atoms with van der Waals surface area (Å²) in [4.78, 5) is 15.9. The van der Waals surface area contributed by atoms with Gasteiger partial charge >= 0.3 is 0 Å². The number of hydrogen-bond donors (Lipinski definition) is 0. The van der Waals surface area contributed by atoms with E-state index in [4.69, 9.17) is 4.74 Å². The molecule has 0 atom stereocenters. The molecule has 1 amide bonds. The monoisotopic (exact) mass is 331 g/mol. The molecule has 2 aliphatic rings. The summed E-state index contributed by atoms with van der Waals surface area (Å²) < 4.78 is 7.81. The predicted octanol–water partition coefficient (Wildman–Crippen LogP) is 2.93. The summed E-state index contributed by atoms with van der Waals surface area (Å²) in [5.74, 6) is 0.0259. The van der Waals surface area contributed by atoms with E-state index in [9.17, 15) is 4.79 Å². The second-order valence-electron chi connectivity index (χ2n) is 6.48. The molecule has 1 saturated heterocycles. The van der Waals surface area contributed by atoms with Gasteiger partial charge in [0.1, 0.15) is 0 Å². The highest BCUT2D eigenvalue weighted by atomic mass is 32.1.